The van der Waals surface area contributed by atoms with E-state index in [0.717, 1.165) is 25.7 Å². The highest BCUT2D eigenvalue weighted by Crippen LogP contribution is 2.52. The van der Waals surface area contributed by atoms with E-state index in [1.54, 1.807) is 13.8 Å². The Bertz CT molecular complexity index is 976. The van der Waals surface area contributed by atoms with Gasteiger partial charge in [-0.1, -0.05) is 39.5 Å². The molecule has 0 spiro atoms. The molecule has 1 aromatic carbocycles. The molecule has 0 radical (unpaired) electrons. The van der Waals surface area contributed by atoms with Gasteiger partial charge < -0.3 is 19.5 Å². The molecule has 1 fully saturated rings. The second kappa shape index (κ2) is 13.8. The molecule has 0 aromatic heterocycles. The number of ether oxygens (including phenoxy) is 3. The summed E-state index contributed by atoms with van der Waals surface area (Å²) in [6.07, 6.45) is 4.08. The van der Waals surface area contributed by atoms with E-state index in [2.05, 4.69) is 23.9 Å². The Balaban J connectivity index is 1.75. The van der Waals surface area contributed by atoms with Crippen molar-refractivity contribution in [3.63, 3.8) is 0 Å². The van der Waals surface area contributed by atoms with Crippen molar-refractivity contribution in [2.75, 3.05) is 13.2 Å². The van der Waals surface area contributed by atoms with Gasteiger partial charge in [-0.05, 0) is 58.3 Å². The lowest BCUT2D eigenvalue weighted by Gasteiger charge is -2.30. The van der Waals surface area contributed by atoms with Gasteiger partial charge >= 0.3 is 12.1 Å². The maximum atomic E-state index is 13.7. The SMILES string of the molecule is CCCC1C(CCC)C1COC(=O)NC(C)(C)CCOC(C)(C)CCC(=O)Oc1c(F)c(F)c(F)c(F)c1F. The lowest BCUT2D eigenvalue weighted by atomic mass is 10.00. The van der Waals surface area contributed by atoms with Crippen molar-refractivity contribution < 1.29 is 45.8 Å². The molecule has 0 heterocycles. The number of nitrogens with one attached hydrogen (secondary N) is 1. The van der Waals surface area contributed by atoms with Crippen molar-refractivity contribution in [2.45, 2.75) is 97.6 Å². The van der Waals surface area contributed by atoms with Crippen LogP contribution in [-0.4, -0.2) is 36.4 Å². The first-order valence-electron chi connectivity index (χ1n) is 13.4. The number of carbonyl (C=O) groups is 2. The molecule has 0 bridgehead atoms. The summed E-state index contributed by atoms with van der Waals surface area (Å²) in [6.45, 7) is 11.9. The number of hydrogen-bond acceptors (Lipinski definition) is 5. The topological polar surface area (TPSA) is 73.9 Å². The molecular weight excluding hydrogens is 525 g/mol. The normalized spacial score (nSPS) is 19.1. The van der Waals surface area contributed by atoms with Gasteiger partial charge in [-0.3, -0.25) is 4.79 Å². The minimum absolute atomic E-state index is 0.0381. The fourth-order valence-corrected chi connectivity index (χ4v) is 4.74. The first-order valence-corrected chi connectivity index (χ1v) is 13.4. The summed E-state index contributed by atoms with van der Waals surface area (Å²) >= 11 is 0. The Labute approximate surface area is 226 Å². The second-order valence-corrected chi connectivity index (χ2v) is 11.4. The van der Waals surface area contributed by atoms with Gasteiger partial charge in [-0.15, -0.1) is 0 Å². The zero-order valence-electron chi connectivity index (χ0n) is 23.5. The molecule has 2 atom stereocenters. The third-order valence-electron chi connectivity index (χ3n) is 7.14. The van der Waals surface area contributed by atoms with E-state index in [0.29, 0.717) is 30.8 Å². The predicted octanol–water partition coefficient (Wildman–Crippen LogP) is 7.22. The first-order chi connectivity index (χ1) is 18.1. The van der Waals surface area contributed by atoms with Crippen LogP contribution in [0.1, 0.15) is 86.5 Å². The number of halogens is 5. The van der Waals surface area contributed by atoms with E-state index in [4.69, 9.17) is 9.47 Å². The zero-order chi connectivity index (χ0) is 29.5. The molecule has 1 amide bonds. The number of benzene rings is 1. The molecule has 39 heavy (non-hydrogen) atoms. The van der Waals surface area contributed by atoms with Crippen LogP contribution in [0.4, 0.5) is 26.7 Å². The zero-order valence-corrected chi connectivity index (χ0v) is 23.5. The molecular formula is C28H40F5NO5. The van der Waals surface area contributed by atoms with E-state index in [9.17, 15) is 31.5 Å². The van der Waals surface area contributed by atoms with E-state index in [1.165, 1.54) is 0 Å². The average Bonchev–Trinajstić information content (AvgIpc) is 3.51. The van der Waals surface area contributed by atoms with Gasteiger partial charge in [0.1, 0.15) is 0 Å². The van der Waals surface area contributed by atoms with Crippen LogP contribution in [0, 0.1) is 46.8 Å². The van der Waals surface area contributed by atoms with Crippen LogP contribution in [0.15, 0.2) is 0 Å². The lowest BCUT2D eigenvalue weighted by molar-refractivity contribution is -0.136. The van der Waals surface area contributed by atoms with E-state index in [-0.39, 0.29) is 13.0 Å². The lowest BCUT2D eigenvalue weighted by Crippen LogP contribution is -2.45. The van der Waals surface area contributed by atoms with Crippen LogP contribution < -0.4 is 10.1 Å². The van der Waals surface area contributed by atoms with Crippen LogP contribution in [0.3, 0.4) is 0 Å². The van der Waals surface area contributed by atoms with E-state index < -0.39 is 64.5 Å². The molecule has 1 saturated carbocycles. The van der Waals surface area contributed by atoms with Crippen LogP contribution in [0.25, 0.3) is 0 Å². The molecule has 1 aliphatic carbocycles. The van der Waals surface area contributed by atoms with Gasteiger partial charge in [0.25, 0.3) is 0 Å². The maximum absolute atomic E-state index is 13.7. The number of rotatable bonds is 15. The summed E-state index contributed by atoms with van der Waals surface area (Å²) in [7, 11) is 0. The number of alkyl carbamates (subject to hydrolysis) is 1. The van der Waals surface area contributed by atoms with Gasteiger partial charge in [-0.25, -0.2) is 18.0 Å². The van der Waals surface area contributed by atoms with Gasteiger partial charge in [0.15, 0.2) is 0 Å². The van der Waals surface area contributed by atoms with Crippen LogP contribution in [0.2, 0.25) is 0 Å². The van der Waals surface area contributed by atoms with Gasteiger partial charge in [-0.2, -0.15) is 8.78 Å². The van der Waals surface area contributed by atoms with Crippen molar-refractivity contribution in [1.82, 2.24) is 5.32 Å². The van der Waals surface area contributed by atoms with Crippen molar-refractivity contribution in [3.05, 3.63) is 29.1 Å². The molecule has 1 N–H and O–H groups in total. The predicted molar refractivity (Wildman–Crippen MR) is 135 cm³/mol. The highest BCUT2D eigenvalue weighted by Gasteiger charge is 2.48. The average molecular weight is 566 g/mol. The highest BCUT2D eigenvalue weighted by molar-refractivity contribution is 5.72. The van der Waals surface area contributed by atoms with Crippen molar-refractivity contribution in [3.8, 4) is 5.75 Å². The molecule has 6 nitrogen and oxygen atoms in total. The van der Waals surface area contributed by atoms with E-state index in [1.807, 2.05) is 13.8 Å². The Morgan fingerprint density at radius 2 is 1.31 bits per heavy atom. The fourth-order valence-electron chi connectivity index (χ4n) is 4.74. The van der Waals surface area contributed by atoms with Crippen LogP contribution in [-0.2, 0) is 14.3 Å². The molecule has 2 rings (SSSR count). The van der Waals surface area contributed by atoms with Crippen LogP contribution in [0.5, 0.6) is 5.75 Å². The molecule has 1 aromatic rings. The summed E-state index contributed by atoms with van der Waals surface area (Å²) in [5, 5.41) is 2.85. The maximum Gasteiger partial charge on any atom is 0.407 e. The molecule has 1 aliphatic rings. The minimum Gasteiger partial charge on any atom is -0.449 e. The summed E-state index contributed by atoms with van der Waals surface area (Å²) in [5.74, 6) is -12.3. The Morgan fingerprint density at radius 1 is 0.795 bits per heavy atom. The van der Waals surface area contributed by atoms with E-state index >= 15 is 0 Å². The third kappa shape index (κ3) is 9.32. The summed E-state index contributed by atoms with van der Waals surface area (Å²) < 4.78 is 83.0. The van der Waals surface area contributed by atoms with Crippen molar-refractivity contribution in [2.24, 2.45) is 17.8 Å². The number of carbonyl (C=O) groups excluding carboxylic acids is 2. The Kier molecular flexibility index (Phi) is 11.6. The number of esters is 1. The van der Waals surface area contributed by atoms with Crippen molar-refractivity contribution in [1.29, 1.82) is 0 Å². The minimum atomic E-state index is -2.34. The molecule has 11 heteroatoms. The van der Waals surface area contributed by atoms with Gasteiger partial charge in [0, 0.05) is 18.6 Å². The summed E-state index contributed by atoms with van der Waals surface area (Å²) in [4.78, 5) is 24.4. The highest BCUT2D eigenvalue weighted by atomic mass is 19.2. The van der Waals surface area contributed by atoms with Gasteiger partial charge in [0.05, 0.1) is 12.2 Å². The standard InChI is InChI=1S/C28H40F5NO5/c1-7-9-16-17(10-8-2)18(16)15-37-26(36)34-27(3,4)13-14-38-28(5,6)12-11-19(35)39-25-23(32)21(30)20(29)22(31)24(25)33/h16-18H,7-15H2,1-6H3,(H,34,36). The van der Waals surface area contributed by atoms with Gasteiger partial charge in [0.2, 0.25) is 34.8 Å². The molecule has 0 aliphatic heterocycles. The Hall–Kier alpha value is -2.43. The number of amides is 1. The first kappa shape index (κ1) is 32.8. The smallest absolute Gasteiger partial charge is 0.407 e. The molecule has 222 valence electrons. The molecule has 2 unspecified atom stereocenters. The molecule has 0 saturated heterocycles. The summed E-state index contributed by atoms with van der Waals surface area (Å²) in [5.41, 5.74) is -1.53. The second-order valence-electron chi connectivity index (χ2n) is 11.4. The fraction of sp³-hybridized carbons (Fsp3) is 0.714. The number of hydrogen-bond donors (Lipinski definition) is 1. The largest absolute Gasteiger partial charge is 0.449 e. The quantitative estimate of drug-likeness (QED) is 0.0799. The van der Waals surface area contributed by atoms with Crippen molar-refractivity contribution >= 4 is 12.1 Å². The monoisotopic (exact) mass is 565 g/mol. The summed E-state index contributed by atoms with van der Waals surface area (Å²) in [6, 6.07) is 0. The van der Waals surface area contributed by atoms with Crippen LogP contribution >= 0.6 is 0 Å². The third-order valence-corrected chi connectivity index (χ3v) is 7.14. The Morgan fingerprint density at radius 3 is 1.82 bits per heavy atom.